The fourth-order valence-corrected chi connectivity index (χ4v) is 1.88. The van der Waals surface area contributed by atoms with Gasteiger partial charge in [0.1, 0.15) is 6.04 Å². The van der Waals surface area contributed by atoms with E-state index in [2.05, 4.69) is 17.9 Å². The fourth-order valence-electron chi connectivity index (χ4n) is 1.62. The Morgan fingerprint density at radius 3 is 2.44 bits per heavy atom. The molecule has 1 atom stereocenters. The molecule has 4 nitrogen and oxygen atoms in total. The molecule has 1 aromatic carbocycles. The van der Waals surface area contributed by atoms with Crippen LogP contribution in [0.1, 0.15) is 30.6 Å². The SMILES string of the molecule is CC(C)C[C@H](NC(=O)c1ccccc1S)C(N)=O. The zero-order valence-electron chi connectivity index (χ0n) is 10.5. The summed E-state index contributed by atoms with van der Waals surface area (Å²) in [5.41, 5.74) is 5.72. The van der Waals surface area contributed by atoms with Gasteiger partial charge in [-0.3, -0.25) is 9.59 Å². The van der Waals surface area contributed by atoms with Crippen LogP contribution in [0.2, 0.25) is 0 Å². The highest BCUT2D eigenvalue weighted by atomic mass is 32.1. The minimum absolute atomic E-state index is 0.272. The number of carbonyl (C=O) groups is 2. The number of nitrogens with two attached hydrogens (primary N) is 1. The highest BCUT2D eigenvalue weighted by Crippen LogP contribution is 2.13. The van der Waals surface area contributed by atoms with Crippen molar-refractivity contribution in [3.63, 3.8) is 0 Å². The van der Waals surface area contributed by atoms with Gasteiger partial charge in [-0.1, -0.05) is 26.0 Å². The molecule has 2 amide bonds. The average Bonchev–Trinajstić information content (AvgIpc) is 2.27. The maximum absolute atomic E-state index is 12.0. The summed E-state index contributed by atoms with van der Waals surface area (Å²) in [4.78, 5) is 23.8. The molecule has 0 bridgehead atoms. The van der Waals surface area contributed by atoms with Gasteiger partial charge in [0.2, 0.25) is 5.91 Å². The van der Waals surface area contributed by atoms with E-state index in [0.717, 1.165) is 0 Å². The Balaban J connectivity index is 2.79. The molecule has 1 aromatic rings. The summed E-state index contributed by atoms with van der Waals surface area (Å²) in [5, 5.41) is 2.64. The van der Waals surface area contributed by atoms with Crippen molar-refractivity contribution in [3.05, 3.63) is 29.8 Å². The van der Waals surface area contributed by atoms with Crippen molar-refractivity contribution in [2.45, 2.75) is 31.2 Å². The van der Waals surface area contributed by atoms with E-state index < -0.39 is 11.9 Å². The number of amides is 2. The summed E-state index contributed by atoms with van der Waals surface area (Å²) in [6.45, 7) is 3.93. The van der Waals surface area contributed by atoms with Gasteiger partial charge in [-0.15, -0.1) is 12.6 Å². The lowest BCUT2D eigenvalue weighted by Gasteiger charge is -2.17. The second-order valence-electron chi connectivity index (χ2n) is 4.58. The van der Waals surface area contributed by atoms with E-state index in [-0.39, 0.29) is 11.8 Å². The number of primary amides is 1. The summed E-state index contributed by atoms with van der Waals surface area (Å²) >= 11 is 4.20. The van der Waals surface area contributed by atoms with Gasteiger partial charge in [-0.25, -0.2) is 0 Å². The topological polar surface area (TPSA) is 72.2 Å². The Morgan fingerprint density at radius 2 is 1.94 bits per heavy atom. The molecule has 0 aliphatic carbocycles. The molecule has 1 rings (SSSR count). The largest absolute Gasteiger partial charge is 0.368 e. The van der Waals surface area contributed by atoms with Crippen molar-refractivity contribution >= 4 is 24.4 Å². The maximum Gasteiger partial charge on any atom is 0.253 e. The van der Waals surface area contributed by atoms with Gasteiger partial charge in [-0.2, -0.15) is 0 Å². The van der Waals surface area contributed by atoms with Crippen molar-refractivity contribution in [1.29, 1.82) is 0 Å². The number of benzene rings is 1. The van der Waals surface area contributed by atoms with Gasteiger partial charge < -0.3 is 11.1 Å². The first-order valence-corrected chi connectivity index (χ1v) is 6.24. The highest BCUT2D eigenvalue weighted by Gasteiger charge is 2.20. The first kappa shape index (κ1) is 14.6. The molecule has 3 N–H and O–H groups in total. The molecule has 0 unspecified atom stereocenters. The van der Waals surface area contributed by atoms with Crippen LogP contribution in [-0.4, -0.2) is 17.9 Å². The molecule has 0 saturated heterocycles. The average molecular weight is 266 g/mol. The first-order valence-electron chi connectivity index (χ1n) is 5.80. The molecular formula is C13H18N2O2S. The van der Waals surface area contributed by atoms with Crippen molar-refractivity contribution in [1.82, 2.24) is 5.32 Å². The third-order valence-corrected chi connectivity index (χ3v) is 2.89. The van der Waals surface area contributed by atoms with Crippen LogP contribution >= 0.6 is 12.6 Å². The molecule has 0 heterocycles. The van der Waals surface area contributed by atoms with Crippen LogP contribution in [0.25, 0.3) is 0 Å². The molecule has 0 aliphatic heterocycles. The zero-order chi connectivity index (χ0) is 13.7. The Labute approximate surface area is 112 Å². The minimum atomic E-state index is -0.648. The summed E-state index contributed by atoms with van der Waals surface area (Å²) in [5.74, 6) is -0.576. The van der Waals surface area contributed by atoms with Gasteiger partial charge in [-0.05, 0) is 24.5 Å². The van der Waals surface area contributed by atoms with E-state index in [1.54, 1.807) is 24.3 Å². The summed E-state index contributed by atoms with van der Waals surface area (Å²) < 4.78 is 0. The molecular weight excluding hydrogens is 248 g/mol. The number of thiol groups is 1. The Bertz CT molecular complexity index is 446. The van der Waals surface area contributed by atoms with Gasteiger partial charge in [0.25, 0.3) is 5.91 Å². The van der Waals surface area contributed by atoms with E-state index in [9.17, 15) is 9.59 Å². The molecule has 0 spiro atoms. The molecule has 0 aromatic heterocycles. The molecule has 0 radical (unpaired) electrons. The van der Waals surface area contributed by atoms with Gasteiger partial charge in [0.15, 0.2) is 0 Å². The number of rotatable bonds is 5. The Morgan fingerprint density at radius 1 is 1.33 bits per heavy atom. The first-order chi connectivity index (χ1) is 8.41. The van der Waals surface area contributed by atoms with E-state index in [1.165, 1.54) is 0 Å². The molecule has 0 aliphatic rings. The van der Waals surface area contributed by atoms with Crippen LogP contribution < -0.4 is 11.1 Å². The van der Waals surface area contributed by atoms with E-state index in [4.69, 9.17) is 5.73 Å². The van der Waals surface area contributed by atoms with Crippen molar-refractivity contribution in [2.24, 2.45) is 11.7 Å². The van der Waals surface area contributed by atoms with Crippen LogP contribution in [0.3, 0.4) is 0 Å². The van der Waals surface area contributed by atoms with Crippen LogP contribution in [0, 0.1) is 5.92 Å². The zero-order valence-corrected chi connectivity index (χ0v) is 11.4. The van der Waals surface area contributed by atoms with Crippen LogP contribution in [0.4, 0.5) is 0 Å². The molecule has 0 saturated carbocycles. The lowest BCUT2D eigenvalue weighted by Crippen LogP contribution is -2.45. The number of hydrogen-bond acceptors (Lipinski definition) is 3. The fraction of sp³-hybridized carbons (Fsp3) is 0.385. The standard InChI is InChI=1S/C13H18N2O2S/c1-8(2)7-10(12(14)16)15-13(17)9-5-3-4-6-11(9)18/h3-6,8,10,18H,7H2,1-2H3,(H2,14,16)(H,15,17)/t10-/m0/s1. The van der Waals surface area contributed by atoms with Gasteiger partial charge in [0.05, 0.1) is 5.56 Å². The number of carbonyl (C=O) groups excluding carboxylic acids is 2. The van der Waals surface area contributed by atoms with Gasteiger partial charge in [0, 0.05) is 4.90 Å². The summed E-state index contributed by atoms with van der Waals surface area (Å²) in [6.07, 6.45) is 0.524. The van der Waals surface area contributed by atoms with E-state index in [0.29, 0.717) is 16.9 Å². The third kappa shape index (κ3) is 4.07. The highest BCUT2D eigenvalue weighted by molar-refractivity contribution is 7.80. The molecule has 18 heavy (non-hydrogen) atoms. The molecule has 5 heteroatoms. The third-order valence-electron chi connectivity index (χ3n) is 2.50. The van der Waals surface area contributed by atoms with Crippen molar-refractivity contribution < 1.29 is 9.59 Å². The monoisotopic (exact) mass is 266 g/mol. The smallest absolute Gasteiger partial charge is 0.253 e. The van der Waals surface area contributed by atoms with Crippen LogP contribution in [-0.2, 0) is 4.79 Å². The van der Waals surface area contributed by atoms with Gasteiger partial charge >= 0.3 is 0 Å². The molecule has 98 valence electrons. The summed E-state index contributed by atoms with van der Waals surface area (Å²) in [7, 11) is 0. The quantitative estimate of drug-likeness (QED) is 0.708. The van der Waals surface area contributed by atoms with Crippen LogP contribution in [0.15, 0.2) is 29.2 Å². The van der Waals surface area contributed by atoms with Crippen molar-refractivity contribution in [2.75, 3.05) is 0 Å². The maximum atomic E-state index is 12.0. The second-order valence-corrected chi connectivity index (χ2v) is 5.06. The summed E-state index contributed by atoms with van der Waals surface area (Å²) in [6, 6.07) is 6.27. The normalized spacial score (nSPS) is 12.2. The Hall–Kier alpha value is -1.49. The molecule has 0 fully saturated rings. The Kier molecular flexibility index (Phi) is 5.22. The van der Waals surface area contributed by atoms with E-state index in [1.807, 2.05) is 13.8 Å². The second kappa shape index (κ2) is 6.44. The lowest BCUT2D eigenvalue weighted by molar-refractivity contribution is -0.120. The van der Waals surface area contributed by atoms with E-state index >= 15 is 0 Å². The van der Waals surface area contributed by atoms with Crippen molar-refractivity contribution in [3.8, 4) is 0 Å². The number of nitrogens with one attached hydrogen (secondary N) is 1. The predicted molar refractivity (Wildman–Crippen MR) is 73.6 cm³/mol. The number of hydrogen-bond donors (Lipinski definition) is 3. The lowest BCUT2D eigenvalue weighted by atomic mass is 10.0. The predicted octanol–water partition coefficient (Wildman–Crippen LogP) is 1.61. The minimum Gasteiger partial charge on any atom is -0.368 e. The van der Waals surface area contributed by atoms with Crippen LogP contribution in [0.5, 0.6) is 0 Å².